The van der Waals surface area contributed by atoms with E-state index >= 15 is 0 Å². The molecular formula is C9H18FNO2. The van der Waals surface area contributed by atoms with Crippen molar-refractivity contribution in [2.75, 3.05) is 6.54 Å². The number of halogens is 1. The number of hydrogen-bond acceptors (Lipinski definition) is 2. The van der Waals surface area contributed by atoms with Gasteiger partial charge < -0.3 is 10.8 Å². The molecule has 0 heterocycles. The van der Waals surface area contributed by atoms with Crippen LogP contribution in [0.25, 0.3) is 0 Å². The van der Waals surface area contributed by atoms with Crippen molar-refractivity contribution in [3.05, 3.63) is 0 Å². The Morgan fingerprint density at radius 1 is 1.54 bits per heavy atom. The van der Waals surface area contributed by atoms with Gasteiger partial charge in [0.25, 0.3) is 0 Å². The van der Waals surface area contributed by atoms with Crippen LogP contribution in [0.5, 0.6) is 0 Å². The smallest absolute Gasteiger partial charge is 0.314 e. The highest BCUT2D eigenvalue weighted by Gasteiger charge is 2.50. The van der Waals surface area contributed by atoms with Crippen molar-refractivity contribution in [3.8, 4) is 0 Å². The molecule has 4 heteroatoms. The van der Waals surface area contributed by atoms with Gasteiger partial charge in [-0.2, -0.15) is 0 Å². The van der Waals surface area contributed by atoms with E-state index in [9.17, 15) is 9.18 Å². The van der Waals surface area contributed by atoms with Crippen LogP contribution in [0, 0.1) is 5.41 Å². The van der Waals surface area contributed by atoms with Crippen molar-refractivity contribution in [1.29, 1.82) is 0 Å². The van der Waals surface area contributed by atoms with E-state index in [2.05, 4.69) is 0 Å². The fourth-order valence-electron chi connectivity index (χ4n) is 1.52. The Labute approximate surface area is 78.1 Å². The van der Waals surface area contributed by atoms with E-state index in [4.69, 9.17) is 10.8 Å². The maximum atomic E-state index is 13.7. The van der Waals surface area contributed by atoms with Gasteiger partial charge in [-0.25, -0.2) is 4.39 Å². The standard InChI is InChI=1S/C9H18FNO2/c1-4-5-9(6-11,7(12)13)8(2,3)10/h4-6,11H2,1-3H3,(H,12,13). The van der Waals surface area contributed by atoms with Crippen molar-refractivity contribution in [1.82, 2.24) is 0 Å². The molecule has 13 heavy (non-hydrogen) atoms. The molecule has 78 valence electrons. The molecule has 1 unspecified atom stereocenters. The molecule has 0 saturated carbocycles. The molecule has 0 aromatic heterocycles. The Morgan fingerprint density at radius 2 is 2.00 bits per heavy atom. The molecule has 3 N–H and O–H groups in total. The lowest BCUT2D eigenvalue weighted by Crippen LogP contribution is -2.51. The van der Waals surface area contributed by atoms with Crippen molar-refractivity contribution in [2.24, 2.45) is 11.1 Å². The van der Waals surface area contributed by atoms with Crippen molar-refractivity contribution < 1.29 is 14.3 Å². The van der Waals surface area contributed by atoms with Crippen LogP contribution in [0.1, 0.15) is 33.6 Å². The van der Waals surface area contributed by atoms with Crippen LogP contribution >= 0.6 is 0 Å². The largest absolute Gasteiger partial charge is 0.481 e. The summed E-state index contributed by atoms with van der Waals surface area (Å²) in [5.41, 5.74) is 2.13. The number of alkyl halides is 1. The van der Waals surface area contributed by atoms with E-state index in [1.54, 1.807) is 0 Å². The summed E-state index contributed by atoms with van der Waals surface area (Å²) in [5.74, 6) is -1.15. The third-order valence-electron chi connectivity index (χ3n) is 2.57. The summed E-state index contributed by atoms with van der Waals surface area (Å²) < 4.78 is 13.7. The highest BCUT2D eigenvalue weighted by molar-refractivity contribution is 5.76. The topological polar surface area (TPSA) is 63.3 Å². The van der Waals surface area contributed by atoms with E-state index in [1.807, 2.05) is 6.92 Å². The van der Waals surface area contributed by atoms with Crippen LogP contribution in [0.4, 0.5) is 4.39 Å². The van der Waals surface area contributed by atoms with Crippen molar-refractivity contribution in [3.63, 3.8) is 0 Å². The molecule has 1 atom stereocenters. The summed E-state index contributed by atoms with van der Waals surface area (Å²) in [5, 5.41) is 8.97. The van der Waals surface area contributed by atoms with Crippen LogP contribution in [0.3, 0.4) is 0 Å². The third kappa shape index (κ3) is 2.18. The normalized spacial score (nSPS) is 16.7. The lowest BCUT2D eigenvalue weighted by Gasteiger charge is -2.36. The van der Waals surface area contributed by atoms with E-state index in [0.717, 1.165) is 0 Å². The minimum atomic E-state index is -1.79. The molecule has 0 aliphatic carbocycles. The Balaban J connectivity index is 4.98. The fraction of sp³-hybridized carbons (Fsp3) is 0.889. The molecule has 0 radical (unpaired) electrons. The first-order valence-electron chi connectivity index (χ1n) is 4.44. The minimum Gasteiger partial charge on any atom is -0.481 e. The summed E-state index contributed by atoms with van der Waals surface area (Å²) in [4.78, 5) is 11.0. The summed E-state index contributed by atoms with van der Waals surface area (Å²) >= 11 is 0. The predicted molar refractivity (Wildman–Crippen MR) is 49.2 cm³/mol. The molecule has 0 bridgehead atoms. The fourth-order valence-corrected chi connectivity index (χ4v) is 1.52. The zero-order chi connectivity index (χ0) is 10.7. The molecule has 0 rings (SSSR count). The molecule has 0 aliphatic heterocycles. The van der Waals surface area contributed by atoms with E-state index < -0.39 is 17.1 Å². The molecule has 0 amide bonds. The SMILES string of the molecule is CCCC(CN)(C(=O)O)C(C)(C)F. The molecule has 0 fully saturated rings. The van der Waals surface area contributed by atoms with Crippen molar-refractivity contribution >= 4 is 5.97 Å². The number of rotatable bonds is 5. The van der Waals surface area contributed by atoms with Crippen molar-refractivity contribution in [2.45, 2.75) is 39.3 Å². The molecule has 0 aromatic carbocycles. The number of carboxylic acid groups (broad SMARTS) is 1. The van der Waals surface area contributed by atoms with Crippen LogP contribution < -0.4 is 5.73 Å². The van der Waals surface area contributed by atoms with Crippen LogP contribution in [0.15, 0.2) is 0 Å². The van der Waals surface area contributed by atoms with Gasteiger partial charge in [0.15, 0.2) is 0 Å². The highest BCUT2D eigenvalue weighted by Crippen LogP contribution is 2.38. The molecular weight excluding hydrogens is 173 g/mol. The number of nitrogens with two attached hydrogens (primary N) is 1. The third-order valence-corrected chi connectivity index (χ3v) is 2.57. The minimum absolute atomic E-state index is 0.167. The van der Waals surface area contributed by atoms with E-state index in [-0.39, 0.29) is 13.0 Å². The first kappa shape index (κ1) is 12.4. The maximum absolute atomic E-state index is 13.7. The molecule has 0 aliphatic rings. The van der Waals surface area contributed by atoms with Crippen LogP contribution in [-0.4, -0.2) is 23.3 Å². The van der Waals surface area contributed by atoms with Crippen LogP contribution in [-0.2, 0) is 4.79 Å². The second-order valence-corrected chi connectivity index (χ2v) is 3.81. The molecule has 3 nitrogen and oxygen atoms in total. The molecule has 0 saturated heterocycles. The quantitative estimate of drug-likeness (QED) is 0.693. The summed E-state index contributed by atoms with van der Waals surface area (Å²) in [6.45, 7) is 4.19. The molecule has 0 aromatic rings. The van der Waals surface area contributed by atoms with Gasteiger partial charge in [-0.05, 0) is 20.3 Å². The number of carboxylic acids is 1. The van der Waals surface area contributed by atoms with Gasteiger partial charge in [-0.15, -0.1) is 0 Å². The summed E-state index contributed by atoms with van der Waals surface area (Å²) in [6.07, 6.45) is 0.874. The average molecular weight is 191 g/mol. The second kappa shape index (κ2) is 4.05. The number of aliphatic carboxylic acids is 1. The predicted octanol–water partition coefficient (Wildman–Crippen LogP) is 1.56. The average Bonchev–Trinajstić information content (AvgIpc) is 1.96. The first-order chi connectivity index (χ1) is 5.81. The molecule has 0 spiro atoms. The van der Waals surface area contributed by atoms with Gasteiger partial charge >= 0.3 is 5.97 Å². The number of hydrogen-bond donors (Lipinski definition) is 2. The summed E-state index contributed by atoms with van der Waals surface area (Å²) in [6, 6.07) is 0. The lowest BCUT2D eigenvalue weighted by molar-refractivity contribution is -0.158. The Bertz CT molecular complexity index is 189. The van der Waals surface area contributed by atoms with Gasteiger partial charge in [0, 0.05) is 6.54 Å². The van der Waals surface area contributed by atoms with E-state index in [0.29, 0.717) is 6.42 Å². The Kier molecular flexibility index (Phi) is 3.85. The lowest BCUT2D eigenvalue weighted by atomic mass is 9.72. The van der Waals surface area contributed by atoms with Gasteiger partial charge in [0.05, 0.1) is 0 Å². The van der Waals surface area contributed by atoms with E-state index in [1.165, 1.54) is 13.8 Å². The van der Waals surface area contributed by atoms with Gasteiger partial charge in [0.2, 0.25) is 0 Å². The van der Waals surface area contributed by atoms with Gasteiger partial charge in [-0.3, -0.25) is 4.79 Å². The zero-order valence-corrected chi connectivity index (χ0v) is 8.43. The second-order valence-electron chi connectivity index (χ2n) is 3.81. The van der Waals surface area contributed by atoms with Gasteiger partial charge in [-0.1, -0.05) is 13.3 Å². The summed E-state index contributed by atoms with van der Waals surface area (Å²) in [7, 11) is 0. The maximum Gasteiger partial charge on any atom is 0.314 e. The number of carbonyl (C=O) groups is 1. The Hall–Kier alpha value is -0.640. The Morgan fingerprint density at radius 3 is 2.08 bits per heavy atom. The van der Waals surface area contributed by atoms with Gasteiger partial charge in [0.1, 0.15) is 11.1 Å². The van der Waals surface area contributed by atoms with Crippen LogP contribution in [0.2, 0.25) is 0 Å². The monoisotopic (exact) mass is 191 g/mol. The first-order valence-corrected chi connectivity index (χ1v) is 4.44. The highest BCUT2D eigenvalue weighted by atomic mass is 19.1. The zero-order valence-electron chi connectivity index (χ0n) is 8.43.